The molecule has 118 valence electrons. The van der Waals surface area contributed by atoms with Crippen LogP contribution in [0.15, 0.2) is 29.3 Å². The molecule has 0 aliphatic heterocycles. The first-order valence-corrected chi connectivity index (χ1v) is 8.19. The van der Waals surface area contributed by atoms with Gasteiger partial charge in [-0.25, -0.2) is 18.1 Å². The SMILES string of the molecule is CNS(=O)(=O)Cc1ccc(CN=C(N)NC2CC2)cc1.I. The van der Waals surface area contributed by atoms with Gasteiger partial charge in [-0.3, -0.25) is 0 Å². The molecular weight excluding hydrogens is 403 g/mol. The van der Waals surface area contributed by atoms with E-state index in [0.717, 1.165) is 24.0 Å². The van der Waals surface area contributed by atoms with Gasteiger partial charge in [0.15, 0.2) is 5.96 Å². The van der Waals surface area contributed by atoms with Crippen molar-refractivity contribution in [3.8, 4) is 0 Å². The van der Waals surface area contributed by atoms with Crippen LogP contribution in [0.25, 0.3) is 0 Å². The van der Waals surface area contributed by atoms with Crippen LogP contribution in [0.2, 0.25) is 0 Å². The second kappa shape index (κ2) is 7.95. The van der Waals surface area contributed by atoms with Crippen molar-refractivity contribution in [2.24, 2.45) is 10.7 Å². The Labute approximate surface area is 142 Å². The normalized spacial score (nSPS) is 15.4. The molecule has 0 atom stereocenters. The first-order valence-electron chi connectivity index (χ1n) is 6.54. The molecule has 0 radical (unpaired) electrons. The minimum Gasteiger partial charge on any atom is -0.370 e. The van der Waals surface area contributed by atoms with E-state index in [1.165, 1.54) is 7.05 Å². The molecule has 1 aliphatic carbocycles. The summed E-state index contributed by atoms with van der Waals surface area (Å²) in [5.74, 6) is 0.452. The average molecular weight is 424 g/mol. The minimum atomic E-state index is -3.23. The Morgan fingerprint density at radius 2 is 1.86 bits per heavy atom. The topological polar surface area (TPSA) is 96.6 Å². The number of rotatable bonds is 6. The molecule has 1 aliphatic rings. The maximum Gasteiger partial charge on any atom is 0.215 e. The minimum absolute atomic E-state index is 0. The summed E-state index contributed by atoms with van der Waals surface area (Å²) in [6.07, 6.45) is 2.32. The molecule has 8 heteroatoms. The van der Waals surface area contributed by atoms with E-state index >= 15 is 0 Å². The van der Waals surface area contributed by atoms with Gasteiger partial charge >= 0.3 is 0 Å². The molecule has 0 unspecified atom stereocenters. The number of sulfonamides is 1. The summed E-state index contributed by atoms with van der Waals surface area (Å²) < 4.78 is 25.1. The highest BCUT2D eigenvalue weighted by Gasteiger charge is 2.21. The van der Waals surface area contributed by atoms with Gasteiger partial charge < -0.3 is 11.1 Å². The second-order valence-corrected chi connectivity index (χ2v) is 6.83. The number of nitrogens with zero attached hydrogens (tertiary/aromatic N) is 1. The van der Waals surface area contributed by atoms with E-state index in [1.54, 1.807) is 12.1 Å². The molecule has 0 heterocycles. The van der Waals surface area contributed by atoms with Crippen molar-refractivity contribution in [1.29, 1.82) is 0 Å². The van der Waals surface area contributed by atoms with Crippen LogP contribution in [-0.2, 0) is 22.3 Å². The van der Waals surface area contributed by atoms with Crippen molar-refractivity contribution in [3.63, 3.8) is 0 Å². The van der Waals surface area contributed by atoms with E-state index in [1.807, 2.05) is 12.1 Å². The molecule has 1 saturated carbocycles. The number of nitrogens with two attached hydrogens (primary N) is 1. The average Bonchev–Trinajstić information content (AvgIpc) is 3.21. The molecule has 1 aromatic rings. The Balaban J connectivity index is 0.00000220. The molecule has 1 fully saturated rings. The van der Waals surface area contributed by atoms with Crippen LogP contribution in [0.5, 0.6) is 0 Å². The summed E-state index contributed by atoms with van der Waals surface area (Å²) in [5.41, 5.74) is 7.49. The third kappa shape index (κ3) is 6.62. The molecule has 0 aromatic heterocycles. The number of benzene rings is 1. The lowest BCUT2D eigenvalue weighted by Crippen LogP contribution is -2.33. The van der Waals surface area contributed by atoms with Crippen LogP contribution in [-0.4, -0.2) is 27.5 Å². The van der Waals surface area contributed by atoms with Crippen molar-refractivity contribution in [2.75, 3.05) is 7.05 Å². The second-order valence-electron chi connectivity index (χ2n) is 4.90. The number of hydrogen-bond acceptors (Lipinski definition) is 3. The van der Waals surface area contributed by atoms with Crippen molar-refractivity contribution in [2.45, 2.75) is 31.2 Å². The standard InChI is InChI=1S/C13H20N4O2S.HI/c1-15-20(18,19)9-11-4-2-10(3-5-11)8-16-13(14)17-12-6-7-12;/h2-5,12,15H,6-9H2,1H3,(H3,14,16,17);1H. The molecule has 6 nitrogen and oxygen atoms in total. The lowest BCUT2D eigenvalue weighted by Gasteiger charge is -2.05. The molecule has 0 saturated heterocycles. The van der Waals surface area contributed by atoms with Crippen molar-refractivity contribution in [3.05, 3.63) is 35.4 Å². The van der Waals surface area contributed by atoms with E-state index < -0.39 is 10.0 Å². The van der Waals surface area contributed by atoms with Gasteiger partial charge in [0, 0.05) is 6.04 Å². The number of nitrogens with one attached hydrogen (secondary N) is 2. The van der Waals surface area contributed by atoms with Crippen LogP contribution >= 0.6 is 24.0 Å². The van der Waals surface area contributed by atoms with Gasteiger partial charge in [-0.2, -0.15) is 0 Å². The van der Waals surface area contributed by atoms with Gasteiger partial charge in [0.25, 0.3) is 0 Å². The smallest absolute Gasteiger partial charge is 0.215 e. The Kier molecular flexibility index (Phi) is 6.88. The highest BCUT2D eigenvalue weighted by Crippen LogP contribution is 2.18. The van der Waals surface area contributed by atoms with Gasteiger partial charge in [-0.05, 0) is 31.0 Å². The number of aliphatic imine (C=N–C) groups is 1. The lowest BCUT2D eigenvalue weighted by molar-refractivity contribution is 0.587. The maximum absolute atomic E-state index is 11.4. The summed E-state index contributed by atoms with van der Waals surface area (Å²) in [6, 6.07) is 7.82. The summed E-state index contributed by atoms with van der Waals surface area (Å²) in [7, 11) is -1.81. The Morgan fingerprint density at radius 3 is 2.38 bits per heavy atom. The highest BCUT2D eigenvalue weighted by molar-refractivity contribution is 14.0. The molecule has 0 amide bonds. The summed E-state index contributed by atoms with van der Waals surface area (Å²) in [5, 5.41) is 3.11. The summed E-state index contributed by atoms with van der Waals surface area (Å²) in [4.78, 5) is 4.25. The maximum atomic E-state index is 11.4. The fraction of sp³-hybridized carbons (Fsp3) is 0.462. The van der Waals surface area contributed by atoms with E-state index in [4.69, 9.17) is 5.73 Å². The first-order chi connectivity index (χ1) is 9.48. The van der Waals surface area contributed by atoms with Gasteiger partial charge in [0.05, 0.1) is 12.3 Å². The van der Waals surface area contributed by atoms with Crippen molar-refractivity contribution < 1.29 is 8.42 Å². The fourth-order valence-corrected chi connectivity index (χ4v) is 2.47. The lowest BCUT2D eigenvalue weighted by atomic mass is 10.1. The van der Waals surface area contributed by atoms with Crippen LogP contribution in [0, 0.1) is 0 Å². The molecular formula is C13H21IN4O2S. The van der Waals surface area contributed by atoms with Gasteiger partial charge in [0.2, 0.25) is 10.0 Å². The quantitative estimate of drug-likeness (QED) is 0.360. The molecule has 2 rings (SSSR count). The zero-order chi connectivity index (χ0) is 14.6. The Morgan fingerprint density at radius 1 is 1.29 bits per heavy atom. The van der Waals surface area contributed by atoms with Crippen LogP contribution in [0.4, 0.5) is 0 Å². The molecule has 0 spiro atoms. The summed E-state index contributed by atoms with van der Waals surface area (Å²) >= 11 is 0. The van der Waals surface area contributed by atoms with Gasteiger partial charge in [-0.15, -0.1) is 24.0 Å². The van der Waals surface area contributed by atoms with Crippen LogP contribution < -0.4 is 15.8 Å². The summed E-state index contributed by atoms with van der Waals surface area (Å²) in [6.45, 7) is 0.491. The number of halogens is 1. The predicted molar refractivity (Wildman–Crippen MR) is 95.0 cm³/mol. The number of hydrogen-bond donors (Lipinski definition) is 3. The van der Waals surface area contributed by atoms with Crippen LogP contribution in [0.1, 0.15) is 24.0 Å². The van der Waals surface area contributed by atoms with Crippen LogP contribution in [0.3, 0.4) is 0 Å². The zero-order valence-electron chi connectivity index (χ0n) is 11.9. The van der Waals surface area contributed by atoms with E-state index in [2.05, 4.69) is 15.0 Å². The third-order valence-corrected chi connectivity index (χ3v) is 4.39. The van der Waals surface area contributed by atoms with E-state index in [-0.39, 0.29) is 29.7 Å². The third-order valence-electron chi connectivity index (χ3n) is 3.05. The van der Waals surface area contributed by atoms with E-state index in [0.29, 0.717) is 18.5 Å². The molecule has 0 bridgehead atoms. The van der Waals surface area contributed by atoms with Gasteiger partial charge in [-0.1, -0.05) is 24.3 Å². The molecule has 21 heavy (non-hydrogen) atoms. The predicted octanol–water partition coefficient (Wildman–Crippen LogP) is 0.921. The Bertz CT molecular complexity index is 583. The largest absolute Gasteiger partial charge is 0.370 e. The highest BCUT2D eigenvalue weighted by atomic mass is 127. The van der Waals surface area contributed by atoms with Crippen molar-refractivity contribution in [1.82, 2.24) is 10.0 Å². The van der Waals surface area contributed by atoms with Crippen molar-refractivity contribution >= 4 is 40.0 Å². The monoisotopic (exact) mass is 424 g/mol. The first kappa shape index (κ1) is 18.2. The van der Waals surface area contributed by atoms with Gasteiger partial charge in [0.1, 0.15) is 0 Å². The zero-order valence-corrected chi connectivity index (χ0v) is 15.0. The molecule has 1 aromatic carbocycles. The number of guanidine groups is 1. The van der Waals surface area contributed by atoms with E-state index in [9.17, 15) is 8.42 Å². The molecule has 4 N–H and O–H groups in total. The Hall–Kier alpha value is -0.870. The fourth-order valence-electron chi connectivity index (χ4n) is 1.69.